The van der Waals surface area contributed by atoms with E-state index in [0.717, 1.165) is 25.3 Å². The first-order valence-corrected chi connectivity index (χ1v) is 6.83. The van der Waals surface area contributed by atoms with E-state index in [1.165, 1.54) is 18.9 Å². The Morgan fingerprint density at radius 1 is 1.50 bits per heavy atom. The summed E-state index contributed by atoms with van der Waals surface area (Å²) in [7, 11) is 1.72. The molecule has 0 heterocycles. The number of nitrogen functional groups attached to an aromatic ring is 1. The van der Waals surface area contributed by atoms with Crippen LogP contribution >= 0.6 is 15.9 Å². The molecule has 0 aromatic heterocycles. The molecule has 0 unspecified atom stereocenters. The van der Waals surface area contributed by atoms with Crippen molar-refractivity contribution in [3.63, 3.8) is 0 Å². The zero-order valence-corrected chi connectivity index (χ0v) is 12.0. The lowest BCUT2D eigenvalue weighted by Crippen LogP contribution is -2.18. The maximum absolute atomic E-state index is 13.2. The van der Waals surface area contributed by atoms with E-state index in [2.05, 4.69) is 21.2 Å². The molecular formula is C13H18BrFN2O. The Labute approximate surface area is 115 Å². The summed E-state index contributed by atoms with van der Waals surface area (Å²) in [6.45, 7) is 1.64. The number of rotatable bonds is 6. The van der Waals surface area contributed by atoms with Crippen LogP contribution < -0.4 is 11.1 Å². The minimum atomic E-state index is -0.335. The molecule has 1 aromatic rings. The van der Waals surface area contributed by atoms with Crippen molar-refractivity contribution in [2.24, 2.45) is 5.41 Å². The van der Waals surface area contributed by atoms with Gasteiger partial charge in [0.05, 0.1) is 15.8 Å². The highest BCUT2D eigenvalue weighted by Crippen LogP contribution is 2.49. The van der Waals surface area contributed by atoms with Crippen molar-refractivity contribution in [2.75, 3.05) is 31.3 Å². The second-order valence-electron chi connectivity index (χ2n) is 4.95. The van der Waals surface area contributed by atoms with Crippen molar-refractivity contribution in [3.05, 3.63) is 22.4 Å². The average Bonchev–Trinajstić information content (AvgIpc) is 3.10. The number of anilines is 2. The summed E-state index contributed by atoms with van der Waals surface area (Å²) in [5.74, 6) is -0.335. The van der Waals surface area contributed by atoms with Gasteiger partial charge in [0.25, 0.3) is 0 Å². The first kappa shape index (κ1) is 13.6. The van der Waals surface area contributed by atoms with Crippen LogP contribution in [0.5, 0.6) is 0 Å². The molecule has 0 aliphatic heterocycles. The van der Waals surface area contributed by atoms with Gasteiger partial charge in [0, 0.05) is 26.3 Å². The van der Waals surface area contributed by atoms with E-state index in [-0.39, 0.29) is 5.82 Å². The number of nitrogens with one attached hydrogen (secondary N) is 1. The predicted molar refractivity (Wildman–Crippen MR) is 75.2 cm³/mol. The second kappa shape index (κ2) is 5.45. The summed E-state index contributed by atoms with van der Waals surface area (Å²) < 4.78 is 18.8. The van der Waals surface area contributed by atoms with Gasteiger partial charge in [-0.3, -0.25) is 0 Å². The zero-order valence-electron chi connectivity index (χ0n) is 10.4. The van der Waals surface area contributed by atoms with Crippen molar-refractivity contribution in [3.8, 4) is 0 Å². The molecule has 1 saturated carbocycles. The summed E-state index contributed by atoms with van der Waals surface area (Å²) in [5.41, 5.74) is 7.36. The molecule has 0 amide bonds. The normalized spacial score (nSPS) is 16.6. The lowest BCUT2D eigenvalue weighted by molar-refractivity contribution is 0.175. The Bertz CT molecular complexity index is 435. The number of nitrogens with two attached hydrogens (primary N) is 1. The number of benzene rings is 1. The number of ether oxygens (including phenoxy) is 1. The molecule has 0 atom stereocenters. The van der Waals surface area contributed by atoms with Gasteiger partial charge in [-0.15, -0.1) is 0 Å². The molecule has 18 heavy (non-hydrogen) atoms. The van der Waals surface area contributed by atoms with E-state index in [4.69, 9.17) is 10.5 Å². The number of hydrogen-bond donors (Lipinski definition) is 2. The van der Waals surface area contributed by atoms with Gasteiger partial charge in [-0.05, 0) is 46.7 Å². The fourth-order valence-electron chi connectivity index (χ4n) is 2.01. The number of hydrogen-bond acceptors (Lipinski definition) is 3. The van der Waals surface area contributed by atoms with E-state index in [1.54, 1.807) is 13.2 Å². The average molecular weight is 317 g/mol. The van der Waals surface area contributed by atoms with Crippen LogP contribution in [0.1, 0.15) is 19.3 Å². The van der Waals surface area contributed by atoms with Crippen molar-refractivity contribution in [1.29, 1.82) is 0 Å². The minimum Gasteiger partial charge on any atom is -0.397 e. The van der Waals surface area contributed by atoms with Gasteiger partial charge in [0.15, 0.2) is 0 Å². The minimum absolute atomic E-state index is 0.335. The van der Waals surface area contributed by atoms with E-state index >= 15 is 0 Å². The summed E-state index contributed by atoms with van der Waals surface area (Å²) in [4.78, 5) is 0. The summed E-state index contributed by atoms with van der Waals surface area (Å²) >= 11 is 3.17. The highest BCUT2D eigenvalue weighted by Gasteiger charge is 2.41. The molecule has 1 aliphatic rings. The van der Waals surface area contributed by atoms with E-state index in [0.29, 0.717) is 15.6 Å². The maximum atomic E-state index is 13.2. The smallest absolute Gasteiger partial charge is 0.139 e. The van der Waals surface area contributed by atoms with Crippen LogP contribution in [0.15, 0.2) is 16.6 Å². The Balaban J connectivity index is 1.96. The van der Waals surface area contributed by atoms with Crippen molar-refractivity contribution < 1.29 is 9.13 Å². The molecule has 3 N–H and O–H groups in total. The molecule has 0 spiro atoms. The fourth-order valence-corrected chi connectivity index (χ4v) is 2.35. The summed E-state index contributed by atoms with van der Waals surface area (Å²) in [6, 6.07) is 3.03. The first-order chi connectivity index (χ1) is 8.56. The van der Waals surface area contributed by atoms with Crippen LogP contribution in [0.3, 0.4) is 0 Å². The zero-order chi connectivity index (χ0) is 13.2. The molecule has 1 fully saturated rings. The van der Waals surface area contributed by atoms with E-state index in [1.807, 2.05) is 0 Å². The van der Waals surface area contributed by atoms with Gasteiger partial charge < -0.3 is 15.8 Å². The van der Waals surface area contributed by atoms with Crippen LogP contribution in [-0.2, 0) is 4.74 Å². The molecule has 1 aromatic carbocycles. The van der Waals surface area contributed by atoms with Gasteiger partial charge in [0.1, 0.15) is 5.82 Å². The molecule has 0 radical (unpaired) electrons. The van der Waals surface area contributed by atoms with Crippen LogP contribution in [0.2, 0.25) is 0 Å². The molecule has 1 aliphatic carbocycles. The van der Waals surface area contributed by atoms with E-state index in [9.17, 15) is 4.39 Å². The third kappa shape index (κ3) is 3.14. The molecule has 0 bridgehead atoms. The van der Waals surface area contributed by atoms with Gasteiger partial charge in [0.2, 0.25) is 0 Å². The third-order valence-corrected chi connectivity index (χ3v) is 4.15. The standard InChI is InChI=1S/C13H18BrFN2O/c1-18-5-4-13(2-3-13)8-17-12-6-9(14)10(15)7-11(12)16/h6-7,17H,2-5,8,16H2,1H3. The van der Waals surface area contributed by atoms with Crippen molar-refractivity contribution >= 4 is 27.3 Å². The lowest BCUT2D eigenvalue weighted by atomic mass is 10.0. The fraction of sp³-hybridized carbons (Fsp3) is 0.538. The molecular weight excluding hydrogens is 299 g/mol. The largest absolute Gasteiger partial charge is 0.397 e. The first-order valence-electron chi connectivity index (χ1n) is 6.04. The maximum Gasteiger partial charge on any atom is 0.139 e. The van der Waals surface area contributed by atoms with Crippen molar-refractivity contribution in [1.82, 2.24) is 0 Å². The second-order valence-corrected chi connectivity index (χ2v) is 5.80. The van der Waals surface area contributed by atoms with Gasteiger partial charge >= 0.3 is 0 Å². The number of halogens is 2. The van der Waals surface area contributed by atoms with Crippen LogP contribution in [0.25, 0.3) is 0 Å². The summed E-state index contributed by atoms with van der Waals surface area (Å²) in [6.07, 6.45) is 3.48. The predicted octanol–water partition coefficient (Wildman–Crippen LogP) is 3.40. The summed E-state index contributed by atoms with van der Waals surface area (Å²) in [5, 5.41) is 3.32. The SMILES string of the molecule is COCCC1(CNc2cc(Br)c(F)cc2N)CC1. The third-order valence-electron chi connectivity index (χ3n) is 3.54. The van der Waals surface area contributed by atoms with Gasteiger partial charge in [-0.1, -0.05) is 0 Å². The Kier molecular flexibility index (Phi) is 4.12. The van der Waals surface area contributed by atoms with Crippen LogP contribution in [0, 0.1) is 11.2 Å². The lowest BCUT2D eigenvalue weighted by Gasteiger charge is -2.17. The Morgan fingerprint density at radius 2 is 2.22 bits per heavy atom. The molecule has 5 heteroatoms. The monoisotopic (exact) mass is 316 g/mol. The Morgan fingerprint density at radius 3 is 2.83 bits per heavy atom. The quantitative estimate of drug-likeness (QED) is 0.791. The molecule has 3 nitrogen and oxygen atoms in total. The highest BCUT2D eigenvalue weighted by atomic mass is 79.9. The van der Waals surface area contributed by atoms with Gasteiger partial charge in [-0.2, -0.15) is 0 Å². The van der Waals surface area contributed by atoms with Crippen LogP contribution in [-0.4, -0.2) is 20.3 Å². The van der Waals surface area contributed by atoms with E-state index < -0.39 is 0 Å². The van der Waals surface area contributed by atoms with Crippen molar-refractivity contribution in [2.45, 2.75) is 19.3 Å². The molecule has 0 saturated heterocycles. The van der Waals surface area contributed by atoms with Crippen LogP contribution in [0.4, 0.5) is 15.8 Å². The Hall–Kier alpha value is -0.810. The van der Waals surface area contributed by atoms with Gasteiger partial charge in [-0.25, -0.2) is 4.39 Å². The molecule has 2 rings (SSSR count). The topological polar surface area (TPSA) is 47.3 Å². The molecule has 100 valence electrons. The highest BCUT2D eigenvalue weighted by molar-refractivity contribution is 9.10. The number of methoxy groups -OCH3 is 1.